The molecule has 1 heterocycles. The van der Waals surface area contributed by atoms with Crippen LogP contribution in [0.1, 0.15) is 30.1 Å². The number of thioether (sulfide) groups is 1. The van der Waals surface area contributed by atoms with Crippen LogP contribution in [0.3, 0.4) is 0 Å². The van der Waals surface area contributed by atoms with E-state index in [0.29, 0.717) is 28.3 Å². The summed E-state index contributed by atoms with van der Waals surface area (Å²) in [4.78, 5) is 8.52. The van der Waals surface area contributed by atoms with Crippen LogP contribution in [0.4, 0.5) is 19.0 Å². The maximum Gasteiger partial charge on any atom is 0.441 e. The van der Waals surface area contributed by atoms with E-state index >= 15 is 0 Å². The molecule has 1 saturated carbocycles. The van der Waals surface area contributed by atoms with Crippen molar-refractivity contribution in [1.29, 1.82) is 0 Å². The highest BCUT2D eigenvalue weighted by Crippen LogP contribution is 2.39. The molecule has 106 valence electrons. The molecule has 8 heteroatoms. The summed E-state index contributed by atoms with van der Waals surface area (Å²) in [6.07, 6.45) is 2.09. The molecule has 0 radical (unpaired) electrons. The van der Waals surface area contributed by atoms with Crippen molar-refractivity contribution in [3.05, 3.63) is 16.5 Å². The van der Waals surface area contributed by atoms with Crippen molar-refractivity contribution < 1.29 is 13.2 Å². The van der Waals surface area contributed by atoms with Crippen molar-refractivity contribution in [2.24, 2.45) is 0 Å². The first-order chi connectivity index (χ1) is 8.87. The molecule has 0 unspecified atom stereocenters. The molecule has 0 spiro atoms. The first kappa shape index (κ1) is 14.7. The number of anilines is 1. The van der Waals surface area contributed by atoms with E-state index in [1.54, 1.807) is 6.92 Å². The summed E-state index contributed by atoms with van der Waals surface area (Å²) in [6.45, 7) is 1.93. The normalized spacial score (nSPS) is 15.6. The van der Waals surface area contributed by atoms with Gasteiger partial charge in [0.15, 0.2) is 0 Å². The lowest BCUT2D eigenvalue weighted by molar-refractivity contribution is -0.0327. The zero-order valence-electron chi connectivity index (χ0n) is 10.2. The number of rotatable bonds is 5. The standard InChI is InChI=1S/C11H13ClF3N3S/c1-6-8(12)17-10(7-2-3-7)18-9(6)16-4-5-19-11(13,14)15/h7H,2-5H2,1H3,(H,16,17,18). The number of halogens is 4. The average Bonchev–Trinajstić information content (AvgIpc) is 3.12. The van der Waals surface area contributed by atoms with Crippen molar-refractivity contribution in [3.8, 4) is 0 Å². The third kappa shape index (κ3) is 4.42. The molecular formula is C11H13ClF3N3S. The van der Waals surface area contributed by atoms with Gasteiger partial charge in [-0.05, 0) is 31.5 Å². The number of hydrogen-bond acceptors (Lipinski definition) is 4. The number of nitrogens with zero attached hydrogens (tertiary/aromatic N) is 2. The molecule has 0 aliphatic heterocycles. The average molecular weight is 312 g/mol. The van der Waals surface area contributed by atoms with E-state index in [4.69, 9.17) is 11.6 Å². The first-order valence-corrected chi connectivity index (χ1v) is 7.22. The summed E-state index contributed by atoms with van der Waals surface area (Å²) in [5, 5.41) is 3.26. The highest BCUT2D eigenvalue weighted by atomic mass is 35.5. The quantitative estimate of drug-likeness (QED) is 0.659. The Morgan fingerprint density at radius 3 is 2.63 bits per heavy atom. The molecule has 1 aliphatic rings. The highest BCUT2D eigenvalue weighted by molar-refractivity contribution is 8.00. The Morgan fingerprint density at radius 2 is 2.05 bits per heavy atom. The third-order valence-electron chi connectivity index (χ3n) is 2.71. The van der Waals surface area contributed by atoms with Gasteiger partial charge in [-0.2, -0.15) is 13.2 Å². The van der Waals surface area contributed by atoms with Gasteiger partial charge in [-0.25, -0.2) is 9.97 Å². The van der Waals surface area contributed by atoms with Gasteiger partial charge in [0, 0.05) is 23.8 Å². The monoisotopic (exact) mass is 311 g/mol. The fourth-order valence-corrected chi connectivity index (χ4v) is 2.15. The van der Waals surface area contributed by atoms with Crippen LogP contribution in [0.15, 0.2) is 0 Å². The molecule has 19 heavy (non-hydrogen) atoms. The Hall–Kier alpha value is -0.690. The van der Waals surface area contributed by atoms with Gasteiger partial charge in [-0.15, -0.1) is 0 Å². The van der Waals surface area contributed by atoms with Crippen LogP contribution in [0, 0.1) is 6.92 Å². The predicted octanol–water partition coefficient (Wildman–Crippen LogP) is 3.98. The molecule has 1 N–H and O–H groups in total. The second kappa shape index (κ2) is 5.75. The number of alkyl halides is 3. The Labute approximate surface area is 118 Å². The van der Waals surface area contributed by atoms with Crippen LogP contribution in [0.25, 0.3) is 0 Å². The van der Waals surface area contributed by atoms with Gasteiger partial charge in [0.05, 0.1) is 0 Å². The maximum atomic E-state index is 12.0. The van der Waals surface area contributed by atoms with E-state index in [1.165, 1.54) is 0 Å². The van der Waals surface area contributed by atoms with E-state index in [2.05, 4.69) is 15.3 Å². The van der Waals surface area contributed by atoms with Crippen LogP contribution in [0.5, 0.6) is 0 Å². The van der Waals surface area contributed by atoms with E-state index < -0.39 is 5.51 Å². The zero-order valence-corrected chi connectivity index (χ0v) is 11.8. The second-order valence-electron chi connectivity index (χ2n) is 4.34. The Bertz CT molecular complexity index is 463. The molecule has 0 amide bonds. The van der Waals surface area contributed by atoms with E-state index in [1.807, 2.05) is 0 Å². The van der Waals surface area contributed by atoms with Crippen molar-refractivity contribution in [3.63, 3.8) is 0 Å². The number of hydrogen-bond donors (Lipinski definition) is 1. The molecule has 1 aromatic rings. The molecule has 1 fully saturated rings. The third-order valence-corrected chi connectivity index (χ3v) is 3.81. The van der Waals surface area contributed by atoms with Gasteiger partial charge in [0.2, 0.25) is 0 Å². The first-order valence-electron chi connectivity index (χ1n) is 5.85. The summed E-state index contributed by atoms with van der Waals surface area (Å²) < 4.78 is 36.0. The molecule has 2 rings (SSSR count). The Balaban J connectivity index is 1.95. The molecule has 0 saturated heterocycles. The van der Waals surface area contributed by atoms with Crippen molar-refractivity contribution in [2.75, 3.05) is 17.6 Å². The second-order valence-corrected chi connectivity index (χ2v) is 5.86. The lowest BCUT2D eigenvalue weighted by Gasteiger charge is -2.11. The van der Waals surface area contributed by atoms with Gasteiger partial charge in [-0.1, -0.05) is 11.6 Å². The predicted molar refractivity (Wildman–Crippen MR) is 70.8 cm³/mol. The zero-order chi connectivity index (χ0) is 14.0. The number of nitrogens with one attached hydrogen (secondary N) is 1. The summed E-state index contributed by atoms with van der Waals surface area (Å²) in [5.41, 5.74) is -3.53. The number of aromatic nitrogens is 2. The maximum absolute atomic E-state index is 12.0. The topological polar surface area (TPSA) is 37.8 Å². The van der Waals surface area contributed by atoms with Crippen molar-refractivity contribution in [2.45, 2.75) is 31.2 Å². The van der Waals surface area contributed by atoms with Crippen LogP contribution >= 0.6 is 23.4 Å². The molecule has 0 atom stereocenters. The summed E-state index contributed by atoms with van der Waals surface area (Å²) in [6, 6.07) is 0. The lowest BCUT2D eigenvalue weighted by atomic mass is 10.3. The smallest absolute Gasteiger partial charge is 0.369 e. The summed E-state index contributed by atoms with van der Waals surface area (Å²) in [7, 11) is 0. The largest absolute Gasteiger partial charge is 0.441 e. The van der Waals surface area contributed by atoms with Gasteiger partial charge in [0.1, 0.15) is 16.8 Å². The highest BCUT2D eigenvalue weighted by Gasteiger charge is 2.29. The lowest BCUT2D eigenvalue weighted by Crippen LogP contribution is -2.12. The minimum Gasteiger partial charge on any atom is -0.369 e. The van der Waals surface area contributed by atoms with Crippen molar-refractivity contribution >= 4 is 29.2 Å². The van der Waals surface area contributed by atoms with Crippen LogP contribution in [-0.4, -0.2) is 27.8 Å². The van der Waals surface area contributed by atoms with Gasteiger partial charge in [0.25, 0.3) is 0 Å². The minimum atomic E-state index is -4.20. The van der Waals surface area contributed by atoms with Gasteiger partial charge < -0.3 is 5.32 Å². The molecule has 0 aromatic carbocycles. The van der Waals surface area contributed by atoms with Gasteiger partial charge in [-0.3, -0.25) is 0 Å². The Morgan fingerprint density at radius 1 is 1.37 bits per heavy atom. The van der Waals surface area contributed by atoms with Crippen LogP contribution in [-0.2, 0) is 0 Å². The molecular weight excluding hydrogens is 299 g/mol. The van der Waals surface area contributed by atoms with Crippen LogP contribution < -0.4 is 5.32 Å². The fraction of sp³-hybridized carbons (Fsp3) is 0.636. The van der Waals surface area contributed by atoms with Gasteiger partial charge >= 0.3 is 5.51 Å². The fourth-order valence-electron chi connectivity index (χ4n) is 1.54. The SMILES string of the molecule is Cc1c(Cl)nc(C2CC2)nc1NCCSC(F)(F)F. The minimum absolute atomic E-state index is 0.0532. The molecule has 3 nitrogen and oxygen atoms in total. The van der Waals surface area contributed by atoms with Crippen LogP contribution in [0.2, 0.25) is 5.15 Å². The molecule has 1 aromatic heterocycles. The van der Waals surface area contributed by atoms with Crippen molar-refractivity contribution in [1.82, 2.24) is 9.97 Å². The Kier molecular flexibility index (Phi) is 4.45. The van der Waals surface area contributed by atoms with E-state index in [0.717, 1.165) is 12.8 Å². The van der Waals surface area contributed by atoms with E-state index in [9.17, 15) is 13.2 Å². The molecule has 0 bridgehead atoms. The summed E-state index contributed by atoms with van der Waals surface area (Å²) >= 11 is 5.95. The molecule has 1 aliphatic carbocycles. The van der Waals surface area contributed by atoms with E-state index in [-0.39, 0.29) is 24.1 Å². The summed E-state index contributed by atoms with van der Waals surface area (Å²) in [5.74, 6) is 1.50.